The summed E-state index contributed by atoms with van der Waals surface area (Å²) in [5.74, 6) is -0.225. The minimum atomic E-state index is -0.225. The summed E-state index contributed by atoms with van der Waals surface area (Å²) >= 11 is 9.50. The van der Waals surface area contributed by atoms with Crippen LogP contribution in [0.3, 0.4) is 0 Å². The molecule has 0 saturated heterocycles. The van der Waals surface area contributed by atoms with E-state index in [1.165, 1.54) is 0 Å². The predicted molar refractivity (Wildman–Crippen MR) is 93.2 cm³/mol. The van der Waals surface area contributed by atoms with Crippen LogP contribution in [0.1, 0.15) is 15.9 Å². The minimum absolute atomic E-state index is 0.225. The highest BCUT2D eigenvalue weighted by Crippen LogP contribution is 2.25. The van der Waals surface area contributed by atoms with Gasteiger partial charge in [-0.25, -0.2) is 0 Å². The van der Waals surface area contributed by atoms with E-state index < -0.39 is 0 Å². The molecule has 0 atom stereocenters. The fraction of sp³-hybridized carbons (Fsp3) is 0.0625. The van der Waals surface area contributed by atoms with E-state index in [1.807, 2.05) is 25.1 Å². The van der Waals surface area contributed by atoms with E-state index in [4.69, 9.17) is 11.6 Å². The minimum Gasteiger partial charge on any atom is -0.322 e. The van der Waals surface area contributed by atoms with Gasteiger partial charge in [-0.2, -0.15) is 0 Å². The molecule has 0 aliphatic heterocycles. The summed E-state index contributed by atoms with van der Waals surface area (Å²) in [6.45, 7) is 1.86. The summed E-state index contributed by atoms with van der Waals surface area (Å²) in [5, 5.41) is 11.0. The zero-order valence-corrected chi connectivity index (χ0v) is 14.5. The Bertz CT molecular complexity index is 865. The number of nitrogens with one attached hydrogen (secondary N) is 1. The van der Waals surface area contributed by atoms with Gasteiger partial charge in [0.15, 0.2) is 0 Å². The standard InChI is InChI=1S/C16H12BrClN4O/c1-10-14(18)3-2-4-15(10)21-16(23)12-7-11(5-6-13(12)17)22-8-19-20-9-22/h2-9H,1H3,(H,21,23). The first-order chi connectivity index (χ1) is 11.1. The average molecular weight is 392 g/mol. The maximum atomic E-state index is 12.6. The third kappa shape index (κ3) is 3.28. The topological polar surface area (TPSA) is 59.8 Å². The molecule has 7 heteroatoms. The van der Waals surface area contributed by atoms with Crippen LogP contribution in [0.5, 0.6) is 0 Å². The number of aromatic nitrogens is 3. The Hall–Kier alpha value is -2.18. The van der Waals surface area contributed by atoms with Crippen LogP contribution in [0.25, 0.3) is 5.69 Å². The van der Waals surface area contributed by atoms with Crippen molar-refractivity contribution >= 4 is 39.1 Å². The van der Waals surface area contributed by atoms with Crippen LogP contribution in [0, 0.1) is 6.92 Å². The van der Waals surface area contributed by atoms with Crippen molar-refractivity contribution in [2.75, 3.05) is 5.32 Å². The van der Waals surface area contributed by atoms with E-state index in [1.54, 1.807) is 35.4 Å². The maximum Gasteiger partial charge on any atom is 0.256 e. The summed E-state index contributed by atoms with van der Waals surface area (Å²) in [7, 11) is 0. The lowest BCUT2D eigenvalue weighted by Crippen LogP contribution is -2.14. The van der Waals surface area contributed by atoms with Crippen LogP contribution >= 0.6 is 27.5 Å². The first kappa shape index (κ1) is 15.7. The van der Waals surface area contributed by atoms with Crippen molar-refractivity contribution in [3.8, 4) is 5.69 Å². The number of rotatable bonds is 3. The molecule has 5 nitrogen and oxygen atoms in total. The van der Waals surface area contributed by atoms with Crippen molar-refractivity contribution in [3.63, 3.8) is 0 Å². The molecule has 0 bridgehead atoms. The number of halogens is 2. The third-order valence-corrected chi connectivity index (χ3v) is 4.53. The zero-order valence-electron chi connectivity index (χ0n) is 12.1. The lowest BCUT2D eigenvalue weighted by Gasteiger charge is -2.11. The Morgan fingerprint density at radius 2 is 1.96 bits per heavy atom. The Balaban J connectivity index is 1.93. The molecule has 1 amide bonds. The van der Waals surface area contributed by atoms with Gasteiger partial charge in [-0.1, -0.05) is 17.7 Å². The largest absolute Gasteiger partial charge is 0.322 e. The average Bonchev–Trinajstić information content (AvgIpc) is 3.06. The summed E-state index contributed by atoms with van der Waals surface area (Å²) < 4.78 is 2.43. The van der Waals surface area contributed by atoms with Gasteiger partial charge in [0.1, 0.15) is 12.7 Å². The summed E-state index contributed by atoms with van der Waals surface area (Å²) in [5.41, 5.74) is 2.82. The van der Waals surface area contributed by atoms with E-state index in [-0.39, 0.29) is 5.91 Å². The highest BCUT2D eigenvalue weighted by Gasteiger charge is 2.13. The molecule has 2 aromatic carbocycles. The normalized spacial score (nSPS) is 10.6. The second-order valence-corrected chi connectivity index (χ2v) is 6.16. The molecule has 0 radical (unpaired) electrons. The van der Waals surface area contributed by atoms with Gasteiger partial charge in [-0.3, -0.25) is 9.36 Å². The molecule has 0 spiro atoms. The number of hydrogen-bond donors (Lipinski definition) is 1. The third-order valence-electron chi connectivity index (χ3n) is 3.43. The molecule has 3 rings (SSSR count). The van der Waals surface area contributed by atoms with Crippen molar-refractivity contribution in [3.05, 3.63) is 69.7 Å². The number of carbonyl (C=O) groups is 1. The number of carbonyl (C=O) groups excluding carboxylic acids is 1. The van der Waals surface area contributed by atoms with Gasteiger partial charge < -0.3 is 5.32 Å². The molecule has 0 fully saturated rings. The van der Waals surface area contributed by atoms with Gasteiger partial charge >= 0.3 is 0 Å². The Morgan fingerprint density at radius 3 is 2.70 bits per heavy atom. The molecular formula is C16H12BrClN4O. The van der Waals surface area contributed by atoms with Crippen LogP contribution in [-0.4, -0.2) is 20.7 Å². The molecule has 0 saturated carbocycles. The fourth-order valence-electron chi connectivity index (χ4n) is 2.11. The van der Waals surface area contributed by atoms with Gasteiger partial charge in [0.05, 0.1) is 5.56 Å². The Kier molecular flexibility index (Phi) is 4.45. The van der Waals surface area contributed by atoms with E-state index in [9.17, 15) is 4.79 Å². The second-order valence-electron chi connectivity index (χ2n) is 4.90. The smallest absolute Gasteiger partial charge is 0.256 e. The van der Waals surface area contributed by atoms with E-state index in [2.05, 4.69) is 31.4 Å². The number of benzene rings is 2. The van der Waals surface area contributed by atoms with Crippen LogP contribution < -0.4 is 5.32 Å². The van der Waals surface area contributed by atoms with E-state index in [0.29, 0.717) is 20.7 Å². The molecule has 0 unspecified atom stereocenters. The van der Waals surface area contributed by atoms with Crippen LogP contribution in [0.4, 0.5) is 5.69 Å². The van der Waals surface area contributed by atoms with Crippen LogP contribution in [-0.2, 0) is 0 Å². The SMILES string of the molecule is Cc1c(Cl)cccc1NC(=O)c1cc(-n2cnnc2)ccc1Br. The summed E-state index contributed by atoms with van der Waals surface area (Å²) in [6.07, 6.45) is 3.15. The highest BCUT2D eigenvalue weighted by atomic mass is 79.9. The zero-order chi connectivity index (χ0) is 16.4. The lowest BCUT2D eigenvalue weighted by molar-refractivity contribution is 0.102. The molecule has 1 N–H and O–H groups in total. The molecule has 0 aliphatic carbocycles. The summed E-state index contributed by atoms with van der Waals surface area (Å²) in [4.78, 5) is 12.6. The van der Waals surface area contributed by atoms with Crippen LogP contribution in [0.2, 0.25) is 5.02 Å². The van der Waals surface area contributed by atoms with Gasteiger partial charge in [0, 0.05) is 20.9 Å². The second kappa shape index (κ2) is 6.52. The van der Waals surface area contributed by atoms with E-state index >= 15 is 0 Å². The Labute approximate surface area is 146 Å². The van der Waals surface area contributed by atoms with Crippen LogP contribution in [0.15, 0.2) is 53.5 Å². The molecule has 116 valence electrons. The number of nitrogens with zero attached hydrogens (tertiary/aromatic N) is 3. The van der Waals surface area contributed by atoms with Crippen molar-refractivity contribution < 1.29 is 4.79 Å². The first-order valence-electron chi connectivity index (χ1n) is 6.77. The molecule has 3 aromatic rings. The van der Waals surface area contributed by atoms with Gasteiger partial charge in [-0.05, 0) is 58.7 Å². The number of hydrogen-bond acceptors (Lipinski definition) is 3. The first-order valence-corrected chi connectivity index (χ1v) is 7.94. The highest BCUT2D eigenvalue weighted by molar-refractivity contribution is 9.10. The maximum absolute atomic E-state index is 12.6. The number of amides is 1. The lowest BCUT2D eigenvalue weighted by atomic mass is 10.1. The number of anilines is 1. The van der Waals surface area contributed by atoms with Crippen molar-refractivity contribution in [2.45, 2.75) is 6.92 Å². The Morgan fingerprint density at radius 1 is 1.22 bits per heavy atom. The molecule has 1 heterocycles. The molecule has 0 aliphatic rings. The van der Waals surface area contributed by atoms with Gasteiger partial charge in [0.2, 0.25) is 0 Å². The summed E-state index contributed by atoms with van der Waals surface area (Å²) in [6, 6.07) is 10.9. The van der Waals surface area contributed by atoms with Crippen molar-refractivity contribution in [1.29, 1.82) is 0 Å². The fourth-order valence-corrected chi connectivity index (χ4v) is 2.72. The van der Waals surface area contributed by atoms with Crippen molar-refractivity contribution in [1.82, 2.24) is 14.8 Å². The monoisotopic (exact) mass is 390 g/mol. The van der Waals surface area contributed by atoms with Crippen molar-refractivity contribution in [2.24, 2.45) is 0 Å². The molecule has 23 heavy (non-hydrogen) atoms. The quantitative estimate of drug-likeness (QED) is 0.726. The predicted octanol–water partition coefficient (Wildman–Crippen LogP) is 4.24. The van der Waals surface area contributed by atoms with Gasteiger partial charge in [-0.15, -0.1) is 10.2 Å². The van der Waals surface area contributed by atoms with E-state index in [0.717, 1.165) is 11.3 Å². The molecule has 1 aromatic heterocycles. The molecular weight excluding hydrogens is 380 g/mol. The van der Waals surface area contributed by atoms with Gasteiger partial charge in [0.25, 0.3) is 5.91 Å².